The van der Waals surface area contributed by atoms with E-state index in [4.69, 9.17) is 14.7 Å². The van der Waals surface area contributed by atoms with E-state index in [1.54, 1.807) is 31.8 Å². The van der Waals surface area contributed by atoms with Gasteiger partial charge >= 0.3 is 0 Å². The number of hydrogen-bond acceptors (Lipinski definition) is 6. The summed E-state index contributed by atoms with van der Waals surface area (Å²) in [6.07, 6.45) is 0.984. The number of hydroxylamine groups is 1. The summed E-state index contributed by atoms with van der Waals surface area (Å²) in [5, 5.41) is 9.02. The van der Waals surface area contributed by atoms with E-state index in [0.29, 0.717) is 5.56 Å². The standard InChI is InChI=1S/C28H33N3O4/c1-34-26-12-9-21(19-27(26)35-2)13-14-30-15-17-31(18-16-30)20-22-7-10-23(11-8-22)24-5-3-4-6-25(24)28(32)29-33/h3-12,19,33H,13-18,20H2,1-2H3,(H,29,32). The third-order valence-corrected chi connectivity index (χ3v) is 6.57. The number of rotatable bonds is 9. The lowest BCUT2D eigenvalue weighted by Gasteiger charge is -2.34. The van der Waals surface area contributed by atoms with Crippen molar-refractivity contribution in [2.45, 2.75) is 13.0 Å². The van der Waals surface area contributed by atoms with Crippen LogP contribution in [-0.4, -0.2) is 67.9 Å². The van der Waals surface area contributed by atoms with Gasteiger partial charge in [0.1, 0.15) is 0 Å². The minimum absolute atomic E-state index is 0.451. The van der Waals surface area contributed by atoms with Crippen molar-refractivity contribution in [1.29, 1.82) is 0 Å². The van der Waals surface area contributed by atoms with Crippen LogP contribution in [0.25, 0.3) is 11.1 Å². The highest BCUT2D eigenvalue weighted by Gasteiger charge is 2.17. The Morgan fingerprint density at radius 1 is 0.857 bits per heavy atom. The highest BCUT2D eigenvalue weighted by atomic mass is 16.5. The molecule has 35 heavy (non-hydrogen) atoms. The maximum absolute atomic E-state index is 12.0. The van der Waals surface area contributed by atoms with E-state index >= 15 is 0 Å². The molecule has 1 aliphatic heterocycles. The molecule has 0 atom stereocenters. The van der Waals surface area contributed by atoms with Crippen LogP contribution in [0, 0.1) is 0 Å². The smallest absolute Gasteiger partial charge is 0.275 e. The number of carbonyl (C=O) groups excluding carboxylic acids is 1. The van der Waals surface area contributed by atoms with Crippen LogP contribution in [0.1, 0.15) is 21.5 Å². The van der Waals surface area contributed by atoms with E-state index < -0.39 is 5.91 Å². The Morgan fingerprint density at radius 3 is 2.20 bits per heavy atom. The zero-order valence-electron chi connectivity index (χ0n) is 20.4. The van der Waals surface area contributed by atoms with Crippen molar-refractivity contribution in [3.8, 4) is 22.6 Å². The molecule has 3 aromatic rings. The number of piperazine rings is 1. The summed E-state index contributed by atoms with van der Waals surface area (Å²) in [4.78, 5) is 17.0. The number of benzene rings is 3. The number of hydrogen-bond donors (Lipinski definition) is 2. The van der Waals surface area contributed by atoms with E-state index in [1.807, 2.05) is 30.3 Å². The predicted octanol–water partition coefficient (Wildman–Crippen LogP) is 3.85. The second-order valence-electron chi connectivity index (χ2n) is 8.74. The number of nitrogens with one attached hydrogen (secondary N) is 1. The lowest BCUT2D eigenvalue weighted by molar-refractivity contribution is 0.0707. The fraction of sp³-hybridized carbons (Fsp3) is 0.321. The van der Waals surface area contributed by atoms with Crippen LogP contribution in [0.4, 0.5) is 0 Å². The Balaban J connectivity index is 1.28. The summed E-state index contributed by atoms with van der Waals surface area (Å²) in [7, 11) is 3.33. The van der Waals surface area contributed by atoms with Crippen molar-refractivity contribution < 1.29 is 19.5 Å². The molecule has 0 aliphatic carbocycles. The van der Waals surface area contributed by atoms with Crippen LogP contribution in [0.2, 0.25) is 0 Å². The lowest BCUT2D eigenvalue weighted by atomic mass is 9.98. The van der Waals surface area contributed by atoms with Gasteiger partial charge in [0.05, 0.1) is 14.2 Å². The van der Waals surface area contributed by atoms with Crippen molar-refractivity contribution in [3.63, 3.8) is 0 Å². The van der Waals surface area contributed by atoms with E-state index in [9.17, 15) is 4.79 Å². The highest BCUT2D eigenvalue weighted by Crippen LogP contribution is 2.28. The predicted molar refractivity (Wildman–Crippen MR) is 136 cm³/mol. The van der Waals surface area contributed by atoms with Crippen LogP contribution in [0.15, 0.2) is 66.7 Å². The van der Waals surface area contributed by atoms with Crippen LogP contribution >= 0.6 is 0 Å². The largest absolute Gasteiger partial charge is 0.493 e. The highest BCUT2D eigenvalue weighted by molar-refractivity contribution is 6.00. The monoisotopic (exact) mass is 475 g/mol. The van der Waals surface area contributed by atoms with E-state index in [0.717, 1.165) is 68.3 Å². The Bertz CT molecular complexity index is 1130. The van der Waals surface area contributed by atoms with Crippen molar-refractivity contribution in [1.82, 2.24) is 15.3 Å². The van der Waals surface area contributed by atoms with Gasteiger partial charge in [-0.1, -0.05) is 48.5 Å². The van der Waals surface area contributed by atoms with Gasteiger partial charge in [-0.05, 0) is 46.9 Å². The molecule has 2 N–H and O–H groups in total. The van der Waals surface area contributed by atoms with Gasteiger partial charge in [0.25, 0.3) is 5.91 Å². The Labute approximate surface area is 206 Å². The molecular weight excluding hydrogens is 442 g/mol. The zero-order chi connectivity index (χ0) is 24.6. The normalized spacial score (nSPS) is 14.5. The van der Waals surface area contributed by atoms with Crippen LogP contribution in [0.5, 0.6) is 11.5 Å². The molecule has 1 saturated heterocycles. The summed E-state index contributed by atoms with van der Waals surface area (Å²) in [6.45, 7) is 6.10. The molecule has 0 saturated carbocycles. The summed E-state index contributed by atoms with van der Waals surface area (Å²) in [6, 6.07) is 21.7. The Hall–Kier alpha value is -3.39. The number of nitrogens with zero attached hydrogens (tertiary/aromatic N) is 2. The molecule has 0 radical (unpaired) electrons. The van der Waals surface area contributed by atoms with Gasteiger partial charge in [-0.2, -0.15) is 0 Å². The molecule has 4 rings (SSSR count). The van der Waals surface area contributed by atoms with Crippen molar-refractivity contribution >= 4 is 5.91 Å². The third-order valence-electron chi connectivity index (χ3n) is 6.57. The first-order chi connectivity index (χ1) is 17.1. The van der Waals surface area contributed by atoms with Crippen molar-refractivity contribution in [2.24, 2.45) is 0 Å². The second-order valence-corrected chi connectivity index (χ2v) is 8.74. The topological polar surface area (TPSA) is 74.3 Å². The minimum atomic E-state index is -0.506. The molecule has 0 spiro atoms. The minimum Gasteiger partial charge on any atom is -0.493 e. The molecule has 1 amide bonds. The second kappa shape index (κ2) is 11.8. The first-order valence-corrected chi connectivity index (χ1v) is 11.9. The van der Waals surface area contributed by atoms with Gasteiger partial charge in [0, 0.05) is 44.8 Å². The Morgan fingerprint density at radius 2 is 1.51 bits per heavy atom. The molecule has 0 aromatic heterocycles. The molecule has 1 aliphatic rings. The van der Waals surface area contributed by atoms with Crippen LogP contribution in [-0.2, 0) is 13.0 Å². The van der Waals surface area contributed by atoms with E-state index in [1.165, 1.54) is 11.1 Å². The first-order valence-electron chi connectivity index (χ1n) is 11.9. The fourth-order valence-electron chi connectivity index (χ4n) is 4.54. The van der Waals surface area contributed by atoms with Crippen molar-refractivity contribution in [2.75, 3.05) is 46.9 Å². The zero-order valence-corrected chi connectivity index (χ0v) is 20.4. The summed E-state index contributed by atoms with van der Waals surface area (Å²) in [5.74, 6) is 1.03. The number of carbonyl (C=O) groups is 1. The van der Waals surface area contributed by atoms with Gasteiger partial charge in [0.2, 0.25) is 0 Å². The fourth-order valence-corrected chi connectivity index (χ4v) is 4.54. The molecule has 3 aromatic carbocycles. The lowest BCUT2D eigenvalue weighted by Crippen LogP contribution is -2.46. The van der Waals surface area contributed by atoms with E-state index in [2.05, 4.69) is 34.1 Å². The molecular formula is C28H33N3O4. The maximum Gasteiger partial charge on any atom is 0.275 e. The third kappa shape index (κ3) is 6.19. The number of amides is 1. The molecule has 1 fully saturated rings. The van der Waals surface area contributed by atoms with Crippen LogP contribution < -0.4 is 15.0 Å². The van der Waals surface area contributed by atoms with Gasteiger partial charge in [0.15, 0.2) is 11.5 Å². The average molecular weight is 476 g/mol. The quantitative estimate of drug-likeness (QED) is 0.362. The molecule has 7 heteroatoms. The number of methoxy groups -OCH3 is 2. The van der Waals surface area contributed by atoms with Gasteiger partial charge in [-0.15, -0.1) is 0 Å². The summed E-state index contributed by atoms with van der Waals surface area (Å²) < 4.78 is 10.7. The summed E-state index contributed by atoms with van der Waals surface area (Å²) in [5.41, 5.74) is 6.43. The molecule has 0 unspecified atom stereocenters. The average Bonchev–Trinajstić information content (AvgIpc) is 2.92. The maximum atomic E-state index is 12.0. The van der Waals surface area contributed by atoms with Gasteiger partial charge in [-0.25, -0.2) is 5.48 Å². The Kier molecular flexibility index (Phi) is 8.36. The SMILES string of the molecule is COc1ccc(CCN2CCN(Cc3ccc(-c4ccccc4C(=O)NO)cc3)CC2)cc1OC. The molecule has 1 heterocycles. The summed E-state index contributed by atoms with van der Waals surface area (Å²) >= 11 is 0. The molecule has 7 nitrogen and oxygen atoms in total. The van der Waals surface area contributed by atoms with E-state index in [-0.39, 0.29) is 0 Å². The van der Waals surface area contributed by atoms with Crippen LogP contribution in [0.3, 0.4) is 0 Å². The molecule has 0 bridgehead atoms. The van der Waals surface area contributed by atoms with Gasteiger partial charge in [-0.3, -0.25) is 14.9 Å². The molecule has 184 valence electrons. The van der Waals surface area contributed by atoms with Crippen molar-refractivity contribution in [3.05, 3.63) is 83.4 Å². The first kappa shape index (κ1) is 24.7. The van der Waals surface area contributed by atoms with Gasteiger partial charge < -0.3 is 14.4 Å². The number of ether oxygens (including phenoxy) is 2.